The van der Waals surface area contributed by atoms with E-state index >= 15 is 0 Å². The Bertz CT molecular complexity index is 790. The van der Waals surface area contributed by atoms with Crippen molar-refractivity contribution in [2.24, 2.45) is 10.5 Å². The number of aromatic hydroxyl groups is 1. The maximum Gasteiger partial charge on any atom is 0.271 e. The van der Waals surface area contributed by atoms with E-state index in [2.05, 4.69) is 15.8 Å². The van der Waals surface area contributed by atoms with E-state index in [0.717, 1.165) is 0 Å². The van der Waals surface area contributed by atoms with Crippen LogP contribution in [0.15, 0.2) is 53.6 Å². The summed E-state index contributed by atoms with van der Waals surface area (Å²) in [6.45, 7) is 5.48. The number of para-hydroxylation sites is 1. The normalized spacial score (nSPS) is 11.3. The third-order valence-corrected chi connectivity index (χ3v) is 3.39. The van der Waals surface area contributed by atoms with Crippen LogP contribution in [0, 0.1) is 5.41 Å². The number of hydrazone groups is 1. The van der Waals surface area contributed by atoms with Crippen LogP contribution < -0.4 is 10.7 Å². The molecule has 0 aliphatic carbocycles. The molecule has 0 aliphatic heterocycles. The number of phenols is 1. The highest BCUT2D eigenvalue weighted by molar-refractivity contribution is 5.97. The van der Waals surface area contributed by atoms with Gasteiger partial charge in [-0.15, -0.1) is 0 Å². The molecule has 0 bridgehead atoms. The Labute approximate surface area is 146 Å². The van der Waals surface area contributed by atoms with Crippen LogP contribution in [0.3, 0.4) is 0 Å². The highest BCUT2D eigenvalue weighted by Crippen LogP contribution is 2.18. The van der Waals surface area contributed by atoms with E-state index in [0.29, 0.717) is 16.8 Å². The molecular weight excluding hydrogens is 318 g/mol. The van der Waals surface area contributed by atoms with Crippen LogP contribution in [0.4, 0.5) is 5.69 Å². The number of phenolic OH excluding ortho intramolecular Hbond substituents is 1. The number of carbonyl (C=O) groups excluding carboxylic acids is 2. The van der Waals surface area contributed by atoms with Gasteiger partial charge >= 0.3 is 0 Å². The van der Waals surface area contributed by atoms with Gasteiger partial charge in [-0.3, -0.25) is 9.59 Å². The molecular formula is C19H21N3O3. The first-order valence-corrected chi connectivity index (χ1v) is 7.80. The van der Waals surface area contributed by atoms with Crippen LogP contribution in [0.1, 0.15) is 36.7 Å². The highest BCUT2D eigenvalue weighted by Gasteiger charge is 2.21. The molecule has 0 unspecified atom stereocenters. The van der Waals surface area contributed by atoms with Gasteiger partial charge in [0.25, 0.3) is 5.91 Å². The molecule has 0 saturated heterocycles. The second-order valence-corrected chi connectivity index (χ2v) is 6.54. The first-order valence-electron chi connectivity index (χ1n) is 7.80. The third-order valence-electron chi connectivity index (χ3n) is 3.39. The first-order chi connectivity index (χ1) is 11.8. The van der Waals surface area contributed by atoms with E-state index < -0.39 is 5.41 Å². The average molecular weight is 339 g/mol. The topological polar surface area (TPSA) is 90.8 Å². The van der Waals surface area contributed by atoms with E-state index in [1.807, 2.05) is 20.8 Å². The summed E-state index contributed by atoms with van der Waals surface area (Å²) >= 11 is 0. The molecule has 6 nitrogen and oxygen atoms in total. The SMILES string of the molecule is CC(C)(C)C(=O)Nc1ccc(C(=O)NN=Cc2ccccc2O)cc1. The Kier molecular flexibility index (Phi) is 5.54. The quantitative estimate of drug-likeness (QED) is 0.590. The number of hydrogen-bond donors (Lipinski definition) is 3. The number of rotatable bonds is 4. The minimum Gasteiger partial charge on any atom is -0.507 e. The minimum atomic E-state index is -0.492. The Hall–Kier alpha value is -3.15. The molecule has 0 aliphatic rings. The molecule has 0 radical (unpaired) electrons. The van der Waals surface area contributed by atoms with Gasteiger partial charge < -0.3 is 10.4 Å². The van der Waals surface area contributed by atoms with Crippen molar-refractivity contribution in [3.63, 3.8) is 0 Å². The van der Waals surface area contributed by atoms with Crippen molar-refractivity contribution < 1.29 is 14.7 Å². The molecule has 6 heteroatoms. The lowest BCUT2D eigenvalue weighted by atomic mass is 9.95. The number of amides is 2. The zero-order valence-electron chi connectivity index (χ0n) is 14.4. The fourth-order valence-electron chi connectivity index (χ4n) is 1.85. The number of anilines is 1. The molecule has 0 aromatic heterocycles. The summed E-state index contributed by atoms with van der Waals surface area (Å²) in [6, 6.07) is 13.2. The van der Waals surface area contributed by atoms with Crippen molar-refractivity contribution in [2.45, 2.75) is 20.8 Å². The third kappa shape index (κ3) is 5.17. The lowest BCUT2D eigenvalue weighted by Gasteiger charge is -2.17. The van der Waals surface area contributed by atoms with Gasteiger partial charge in [0.15, 0.2) is 0 Å². The molecule has 0 spiro atoms. The largest absolute Gasteiger partial charge is 0.507 e. The molecule has 2 rings (SSSR count). The van der Waals surface area contributed by atoms with Gasteiger partial charge in [-0.05, 0) is 36.4 Å². The number of benzene rings is 2. The van der Waals surface area contributed by atoms with Crippen LogP contribution in [0.5, 0.6) is 5.75 Å². The molecule has 0 heterocycles. The Morgan fingerprint density at radius 3 is 2.28 bits per heavy atom. The second-order valence-electron chi connectivity index (χ2n) is 6.54. The fourth-order valence-corrected chi connectivity index (χ4v) is 1.85. The summed E-state index contributed by atoms with van der Waals surface area (Å²) in [5, 5.41) is 16.2. The average Bonchev–Trinajstić information content (AvgIpc) is 2.56. The summed E-state index contributed by atoms with van der Waals surface area (Å²) in [5.74, 6) is -0.406. The molecule has 0 atom stereocenters. The summed E-state index contributed by atoms with van der Waals surface area (Å²) in [4.78, 5) is 24.0. The van der Waals surface area contributed by atoms with Gasteiger partial charge in [0.2, 0.25) is 5.91 Å². The van der Waals surface area contributed by atoms with Crippen LogP contribution >= 0.6 is 0 Å². The monoisotopic (exact) mass is 339 g/mol. The minimum absolute atomic E-state index is 0.0828. The molecule has 2 aromatic rings. The van der Waals surface area contributed by atoms with E-state index in [1.54, 1.807) is 42.5 Å². The predicted molar refractivity (Wildman–Crippen MR) is 97.7 cm³/mol. The van der Waals surface area contributed by atoms with Crippen LogP contribution in [0.2, 0.25) is 0 Å². The summed E-state index contributed by atoms with van der Waals surface area (Å²) in [6.07, 6.45) is 1.37. The lowest BCUT2D eigenvalue weighted by molar-refractivity contribution is -0.123. The number of hydrogen-bond acceptors (Lipinski definition) is 4. The predicted octanol–water partition coefficient (Wildman–Crippen LogP) is 3.14. The molecule has 0 fully saturated rings. The van der Waals surface area contributed by atoms with Gasteiger partial charge in [-0.25, -0.2) is 5.43 Å². The van der Waals surface area contributed by atoms with Crippen molar-refractivity contribution in [3.05, 3.63) is 59.7 Å². The molecule has 130 valence electrons. The Morgan fingerprint density at radius 1 is 1.04 bits per heavy atom. The summed E-state index contributed by atoms with van der Waals surface area (Å²) in [7, 11) is 0. The second kappa shape index (κ2) is 7.61. The standard InChI is InChI=1S/C19H21N3O3/c1-19(2,3)18(25)21-15-10-8-13(9-11-15)17(24)22-20-12-14-6-4-5-7-16(14)23/h4-12,23H,1-3H3,(H,21,25)(H,22,24). The first kappa shape index (κ1) is 18.2. The smallest absolute Gasteiger partial charge is 0.271 e. The lowest BCUT2D eigenvalue weighted by Crippen LogP contribution is -2.27. The van der Waals surface area contributed by atoms with Crippen LogP contribution in [-0.4, -0.2) is 23.1 Å². The van der Waals surface area contributed by atoms with Crippen molar-refractivity contribution in [2.75, 3.05) is 5.32 Å². The Morgan fingerprint density at radius 2 is 1.68 bits per heavy atom. The zero-order chi connectivity index (χ0) is 18.4. The van der Waals surface area contributed by atoms with Crippen molar-refractivity contribution in [1.82, 2.24) is 5.43 Å². The van der Waals surface area contributed by atoms with Gasteiger partial charge in [-0.1, -0.05) is 32.9 Å². The van der Waals surface area contributed by atoms with E-state index in [9.17, 15) is 14.7 Å². The molecule has 3 N–H and O–H groups in total. The number of nitrogens with zero attached hydrogens (tertiary/aromatic N) is 1. The zero-order valence-corrected chi connectivity index (χ0v) is 14.4. The maximum absolute atomic E-state index is 12.0. The van der Waals surface area contributed by atoms with Gasteiger partial charge in [-0.2, -0.15) is 5.10 Å². The maximum atomic E-state index is 12.0. The summed E-state index contributed by atoms with van der Waals surface area (Å²) in [5.41, 5.74) is 3.43. The van der Waals surface area contributed by atoms with Gasteiger partial charge in [0.05, 0.1) is 6.21 Å². The number of carbonyl (C=O) groups is 2. The van der Waals surface area contributed by atoms with Crippen molar-refractivity contribution in [3.8, 4) is 5.75 Å². The van der Waals surface area contributed by atoms with Gasteiger partial charge in [0.1, 0.15) is 5.75 Å². The van der Waals surface area contributed by atoms with Crippen LogP contribution in [-0.2, 0) is 4.79 Å². The van der Waals surface area contributed by atoms with Crippen molar-refractivity contribution >= 4 is 23.7 Å². The molecule has 2 aromatic carbocycles. The van der Waals surface area contributed by atoms with Crippen LogP contribution in [0.25, 0.3) is 0 Å². The van der Waals surface area contributed by atoms with E-state index in [-0.39, 0.29) is 17.6 Å². The molecule has 2 amide bonds. The fraction of sp³-hybridized carbons (Fsp3) is 0.211. The summed E-state index contributed by atoms with van der Waals surface area (Å²) < 4.78 is 0. The molecule has 25 heavy (non-hydrogen) atoms. The highest BCUT2D eigenvalue weighted by atomic mass is 16.3. The van der Waals surface area contributed by atoms with E-state index in [1.165, 1.54) is 12.3 Å². The van der Waals surface area contributed by atoms with E-state index in [4.69, 9.17) is 0 Å². The van der Waals surface area contributed by atoms with Crippen molar-refractivity contribution in [1.29, 1.82) is 0 Å². The van der Waals surface area contributed by atoms with Gasteiger partial charge in [0, 0.05) is 22.2 Å². The number of nitrogens with one attached hydrogen (secondary N) is 2. The Balaban J connectivity index is 1.96. The molecule has 0 saturated carbocycles.